The van der Waals surface area contributed by atoms with E-state index in [0.29, 0.717) is 24.9 Å². The largest absolute Gasteiger partial charge is 0.494 e. The Labute approximate surface area is 169 Å². The Morgan fingerprint density at radius 3 is 2.59 bits per heavy atom. The van der Waals surface area contributed by atoms with E-state index in [1.807, 2.05) is 37.3 Å². The summed E-state index contributed by atoms with van der Waals surface area (Å²) in [5, 5.41) is 3.20. The van der Waals surface area contributed by atoms with Gasteiger partial charge < -0.3 is 20.7 Å². The molecular weight excluding hydrogens is 371 g/mol. The Balaban J connectivity index is 1.74. The first-order valence-corrected chi connectivity index (χ1v) is 9.47. The van der Waals surface area contributed by atoms with Gasteiger partial charge in [-0.3, -0.25) is 0 Å². The quantitative estimate of drug-likeness (QED) is 0.540. The molecule has 0 fully saturated rings. The van der Waals surface area contributed by atoms with E-state index < -0.39 is 0 Å². The molecule has 1 atom stereocenters. The number of methoxy groups -OCH3 is 1. The molecule has 7 nitrogen and oxygen atoms in total. The summed E-state index contributed by atoms with van der Waals surface area (Å²) in [6.07, 6.45) is 0. The Kier molecular flexibility index (Phi) is 6.56. The molecule has 0 bridgehead atoms. The number of aromatic nitrogens is 3. The first-order chi connectivity index (χ1) is 14.0. The number of rotatable bonds is 8. The summed E-state index contributed by atoms with van der Waals surface area (Å²) < 4.78 is 19.0. The zero-order valence-corrected chi connectivity index (χ0v) is 16.9. The van der Waals surface area contributed by atoms with Gasteiger partial charge in [0.2, 0.25) is 11.9 Å². The molecule has 8 heteroatoms. The molecule has 3 aromatic rings. The number of hydrogen-bond donors (Lipinski definition) is 3. The molecule has 0 aliphatic heterocycles. The molecule has 29 heavy (non-hydrogen) atoms. The number of quaternary nitrogens is 1. The first kappa shape index (κ1) is 20.5. The van der Waals surface area contributed by atoms with Crippen molar-refractivity contribution in [1.82, 2.24) is 15.0 Å². The Hall–Kier alpha value is -3.26. The highest BCUT2D eigenvalue weighted by molar-refractivity contribution is 5.58. The fourth-order valence-electron chi connectivity index (χ4n) is 3.05. The Morgan fingerprint density at radius 1 is 1.10 bits per heavy atom. The van der Waals surface area contributed by atoms with E-state index in [2.05, 4.69) is 27.2 Å². The van der Waals surface area contributed by atoms with E-state index >= 15 is 0 Å². The van der Waals surface area contributed by atoms with Gasteiger partial charge in [0.15, 0.2) is 17.4 Å². The summed E-state index contributed by atoms with van der Waals surface area (Å²) in [7, 11) is 1.45. The van der Waals surface area contributed by atoms with E-state index in [0.717, 1.165) is 23.4 Å². The average Bonchev–Trinajstić information content (AvgIpc) is 2.69. The van der Waals surface area contributed by atoms with Gasteiger partial charge in [-0.2, -0.15) is 15.0 Å². The SMILES string of the molecule is CC[NH+](Cc1ccc(OC)c(F)c1)Cc1nc(N)nc(Nc2ccccc2C)n1. The van der Waals surface area contributed by atoms with Gasteiger partial charge in [0.25, 0.3) is 0 Å². The lowest BCUT2D eigenvalue weighted by molar-refractivity contribution is -0.926. The lowest BCUT2D eigenvalue weighted by Crippen LogP contribution is -3.09. The van der Waals surface area contributed by atoms with Gasteiger partial charge in [-0.15, -0.1) is 0 Å². The topological polar surface area (TPSA) is 90.4 Å². The maximum atomic E-state index is 14.0. The van der Waals surface area contributed by atoms with E-state index in [-0.39, 0.29) is 17.5 Å². The van der Waals surface area contributed by atoms with Crippen LogP contribution in [0.4, 0.5) is 22.0 Å². The van der Waals surface area contributed by atoms with Crippen LogP contribution in [0.15, 0.2) is 42.5 Å². The van der Waals surface area contributed by atoms with Gasteiger partial charge >= 0.3 is 0 Å². The van der Waals surface area contributed by atoms with Crippen LogP contribution in [0.5, 0.6) is 5.75 Å². The number of nitrogens with one attached hydrogen (secondary N) is 2. The molecule has 0 aliphatic carbocycles. The lowest BCUT2D eigenvalue weighted by atomic mass is 10.2. The normalized spacial score (nSPS) is 11.9. The van der Waals surface area contributed by atoms with Crippen LogP contribution < -0.4 is 20.7 Å². The van der Waals surface area contributed by atoms with Gasteiger partial charge in [-0.1, -0.05) is 18.2 Å². The molecule has 0 spiro atoms. The van der Waals surface area contributed by atoms with E-state index in [4.69, 9.17) is 10.5 Å². The maximum Gasteiger partial charge on any atom is 0.232 e. The predicted molar refractivity (Wildman–Crippen MR) is 111 cm³/mol. The fraction of sp³-hybridized carbons (Fsp3) is 0.286. The number of nitrogens with two attached hydrogens (primary N) is 1. The molecule has 0 saturated carbocycles. The standard InChI is InChI=1S/C21H25FN6O/c1-4-28(12-15-9-10-18(29-3)16(22)11-15)13-19-25-20(23)27-21(26-19)24-17-8-6-5-7-14(17)2/h5-11H,4,12-13H2,1-3H3,(H3,23,24,25,26,27)/p+1. The van der Waals surface area contributed by atoms with Crippen LogP contribution in [0, 0.1) is 12.7 Å². The fourth-order valence-corrected chi connectivity index (χ4v) is 3.05. The van der Waals surface area contributed by atoms with E-state index in [1.165, 1.54) is 18.1 Å². The van der Waals surface area contributed by atoms with Crippen molar-refractivity contribution in [2.45, 2.75) is 26.9 Å². The minimum Gasteiger partial charge on any atom is -0.494 e. The number of benzene rings is 2. The molecule has 152 valence electrons. The summed E-state index contributed by atoms with van der Waals surface area (Å²) in [6, 6.07) is 12.9. The average molecular weight is 397 g/mol. The van der Waals surface area contributed by atoms with Crippen LogP contribution in [0.25, 0.3) is 0 Å². The van der Waals surface area contributed by atoms with Crippen LogP contribution >= 0.6 is 0 Å². The molecule has 0 aliphatic rings. The second-order valence-electron chi connectivity index (χ2n) is 6.80. The van der Waals surface area contributed by atoms with Crippen molar-refractivity contribution in [3.63, 3.8) is 0 Å². The minimum atomic E-state index is -0.366. The van der Waals surface area contributed by atoms with Crippen LogP contribution in [0.1, 0.15) is 23.9 Å². The molecule has 0 saturated heterocycles. The minimum absolute atomic E-state index is 0.164. The number of halogens is 1. The van der Waals surface area contributed by atoms with Gasteiger partial charge in [0.1, 0.15) is 13.1 Å². The second-order valence-corrected chi connectivity index (χ2v) is 6.80. The first-order valence-electron chi connectivity index (χ1n) is 9.47. The monoisotopic (exact) mass is 397 g/mol. The molecule has 0 radical (unpaired) electrons. The van der Waals surface area contributed by atoms with Gasteiger partial charge in [-0.25, -0.2) is 4.39 Å². The van der Waals surface area contributed by atoms with Crippen molar-refractivity contribution in [3.05, 3.63) is 65.2 Å². The number of anilines is 3. The zero-order valence-electron chi connectivity index (χ0n) is 16.9. The third-order valence-electron chi connectivity index (χ3n) is 4.67. The zero-order chi connectivity index (χ0) is 20.8. The summed E-state index contributed by atoms with van der Waals surface area (Å²) in [5.41, 5.74) is 8.77. The summed E-state index contributed by atoms with van der Waals surface area (Å²) in [6.45, 7) is 6.06. The van der Waals surface area contributed by atoms with Gasteiger partial charge in [0, 0.05) is 11.3 Å². The number of ether oxygens (including phenoxy) is 1. The molecule has 0 amide bonds. The third-order valence-corrected chi connectivity index (χ3v) is 4.67. The highest BCUT2D eigenvalue weighted by atomic mass is 19.1. The van der Waals surface area contributed by atoms with Crippen molar-refractivity contribution in [2.75, 3.05) is 24.7 Å². The van der Waals surface area contributed by atoms with Crippen molar-refractivity contribution < 1.29 is 14.0 Å². The number of para-hydroxylation sites is 1. The predicted octanol–water partition coefficient (Wildman–Crippen LogP) is 2.26. The summed E-state index contributed by atoms with van der Waals surface area (Å²) >= 11 is 0. The highest BCUT2D eigenvalue weighted by Gasteiger charge is 2.15. The van der Waals surface area contributed by atoms with Crippen LogP contribution in [-0.4, -0.2) is 28.6 Å². The number of aryl methyl sites for hydroxylation is 1. The molecule has 3 rings (SSSR count). The number of hydrogen-bond acceptors (Lipinski definition) is 6. The number of nitrogen functional groups attached to an aromatic ring is 1. The molecule has 4 N–H and O–H groups in total. The van der Waals surface area contributed by atoms with Crippen molar-refractivity contribution in [3.8, 4) is 5.75 Å². The highest BCUT2D eigenvalue weighted by Crippen LogP contribution is 2.18. The third kappa shape index (κ3) is 5.39. The van der Waals surface area contributed by atoms with E-state index in [9.17, 15) is 4.39 Å². The lowest BCUT2D eigenvalue weighted by Gasteiger charge is -2.18. The Morgan fingerprint density at radius 2 is 1.90 bits per heavy atom. The smallest absolute Gasteiger partial charge is 0.232 e. The van der Waals surface area contributed by atoms with E-state index in [1.54, 1.807) is 6.07 Å². The van der Waals surface area contributed by atoms with Gasteiger partial charge in [-0.05, 0) is 43.7 Å². The molecule has 2 aromatic carbocycles. The maximum absolute atomic E-state index is 14.0. The van der Waals surface area contributed by atoms with Crippen LogP contribution in [0.3, 0.4) is 0 Å². The molecule has 1 heterocycles. The van der Waals surface area contributed by atoms with Gasteiger partial charge in [0.05, 0.1) is 13.7 Å². The van der Waals surface area contributed by atoms with Crippen LogP contribution in [-0.2, 0) is 13.1 Å². The summed E-state index contributed by atoms with van der Waals surface area (Å²) in [4.78, 5) is 14.1. The Bertz CT molecular complexity index is 981. The van der Waals surface area contributed by atoms with Crippen molar-refractivity contribution in [1.29, 1.82) is 0 Å². The molecule has 1 aromatic heterocycles. The summed E-state index contributed by atoms with van der Waals surface area (Å²) in [5.74, 6) is 1.03. The number of nitrogens with zero attached hydrogens (tertiary/aromatic N) is 3. The van der Waals surface area contributed by atoms with Crippen molar-refractivity contribution in [2.24, 2.45) is 0 Å². The van der Waals surface area contributed by atoms with Crippen LogP contribution in [0.2, 0.25) is 0 Å². The molecular formula is C21H26FN6O+. The molecule has 1 unspecified atom stereocenters. The second kappa shape index (κ2) is 9.29. The van der Waals surface area contributed by atoms with Crippen molar-refractivity contribution >= 4 is 17.6 Å².